The molecule has 3 nitrogen and oxygen atoms in total. The van der Waals surface area contributed by atoms with E-state index in [1.807, 2.05) is 19.1 Å². The lowest BCUT2D eigenvalue weighted by Crippen LogP contribution is -2.26. The highest BCUT2D eigenvalue weighted by Gasteiger charge is 2.33. The van der Waals surface area contributed by atoms with Crippen molar-refractivity contribution in [3.05, 3.63) is 29.8 Å². The maximum atomic E-state index is 11.9. The molecule has 1 aromatic rings. The third kappa shape index (κ3) is 2.62. The second-order valence-electron chi connectivity index (χ2n) is 4.64. The molecule has 0 amide bonds. The second-order valence-corrected chi connectivity index (χ2v) is 6.40. The van der Waals surface area contributed by atoms with Gasteiger partial charge in [-0.1, -0.05) is 24.6 Å². The molecular weight excluding hydrogens is 222 g/mol. The fourth-order valence-corrected chi connectivity index (χ4v) is 2.80. The van der Waals surface area contributed by atoms with Crippen LogP contribution in [0.1, 0.15) is 18.9 Å². The molecule has 2 rings (SSSR count). The molecule has 2 atom stereocenters. The van der Waals surface area contributed by atoms with E-state index in [4.69, 9.17) is 0 Å². The molecule has 1 saturated carbocycles. The lowest BCUT2D eigenvalue weighted by molar-refractivity contribution is 0.574. The van der Waals surface area contributed by atoms with E-state index in [9.17, 15) is 8.42 Å². The molecule has 1 aromatic carbocycles. The van der Waals surface area contributed by atoms with E-state index in [1.165, 1.54) is 0 Å². The maximum Gasteiger partial charge on any atom is 0.240 e. The van der Waals surface area contributed by atoms with Gasteiger partial charge in [-0.15, -0.1) is 0 Å². The summed E-state index contributed by atoms with van der Waals surface area (Å²) in [5.74, 6) is 1.20. The van der Waals surface area contributed by atoms with Gasteiger partial charge in [-0.3, -0.25) is 0 Å². The zero-order chi connectivity index (χ0) is 11.8. The van der Waals surface area contributed by atoms with Gasteiger partial charge in [-0.25, -0.2) is 13.1 Å². The molecule has 0 radical (unpaired) electrons. The molecule has 1 aliphatic carbocycles. The van der Waals surface area contributed by atoms with Crippen molar-refractivity contribution < 1.29 is 8.42 Å². The number of hydrogen-bond donors (Lipinski definition) is 1. The number of rotatable bonds is 4. The van der Waals surface area contributed by atoms with Crippen LogP contribution in [0.5, 0.6) is 0 Å². The lowest BCUT2D eigenvalue weighted by atomic mass is 10.2. The summed E-state index contributed by atoms with van der Waals surface area (Å²) >= 11 is 0. The minimum Gasteiger partial charge on any atom is -0.211 e. The fraction of sp³-hybridized carbons (Fsp3) is 0.500. The quantitative estimate of drug-likeness (QED) is 0.872. The molecule has 1 N–H and O–H groups in total. The van der Waals surface area contributed by atoms with Gasteiger partial charge >= 0.3 is 0 Å². The van der Waals surface area contributed by atoms with E-state index in [-0.39, 0.29) is 0 Å². The van der Waals surface area contributed by atoms with E-state index in [2.05, 4.69) is 11.6 Å². The molecular formula is C12H17NO2S. The first-order chi connectivity index (χ1) is 7.49. The third-order valence-corrected chi connectivity index (χ3v) is 4.58. The van der Waals surface area contributed by atoms with Crippen LogP contribution in [-0.2, 0) is 10.0 Å². The number of benzene rings is 1. The average molecular weight is 239 g/mol. The highest BCUT2D eigenvalue weighted by molar-refractivity contribution is 7.89. The Morgan fingerprint density at radius 1 is 1.31 bits per heavy atom. The van der Waals surface area contributed by atoms with E-state index >= 15 is 0 Å². The van der Waals surface area contributed by atoms with Crippen LogP contribution in [0, 0.1) is 18.8 Å². The summed E-state index contributed by atoms with van der Waals surface area (Å²) in [5, 5.41) is 0. The predicted octanol–water partition coefficient (Wildman–Crippen LogP) is 1.93. The van der Waals surface area contributed by atoms with Crippen LogP contribution >= 0.6 is 0 Å². The first-order valence-corrected chi connectivity index (χ1v) is 7.04. The van der Waals surface area contributed by atoms with Crippen LogP contribution in [0.15, 0.2) is 29.2 Å². The summed E-state index contributed by atoms with van der Waals surface area (Å²) in [6.07, 6.45) is 1.14. The van der Waals surface area contributed by atoms with E-state index < -0.39 is 10.0 Å². The van der Waals surface area contributed by atoms with Crippen LogP contribution in [0.2, 0.25) is 0 Å². The molecule has 4 heteroatoms. The first-order valence-electron chi connectivity index (χ1n) is 5.55. The van der Waals surface area contributed by atoms with Crippen molar-refractivity contribution in [2.75, 3.05) is 6.54 Å². The Kier molecular flexibility index (Phi) is 3.04. The largest absolute Gasteiger partial charge is 0.240 e. The third-order valence-electron chi connectivity index (χ3n) is 3.14. The number of sulfonamides is 1. The standard InChI is InChI=1S/C12H17NO2S/c1-9-3-5-12(6-4-9)16(14,15)13-8-11-7-10(11)2/h3-6,10-11,13H,7-8H2,1-2H3. The Labute approximate surface area is 96.9 Å². The number of hydrogen-bond acceptors (Lipinski definition) is 2. The Morgan fingerprint density at radius 2 is 1.88 bits per heavy atom. The zero-order valence-electron chi connectivity index (χ0n) is 9.60. The van der Waals surface area contributed by atoms with Gasteiger partial charge in [0.2, 0.25) is 10.0 Å². The van der Waals surface area contributed by atoms with Crippen LogP contribution in [-0.4, -0.2) is 15.0 Å². The van der Waals surface area contributed by atoms with Crippen molar-refractivity contribution in [2.24, 2.45) is 11.8 Å². The van der Waals surface area contributed by atoms with Crippen molar-refractivity contribution in [1.29, 1.82) is 0 Å². The summed E-state index contributed by atoms with van der Waals surface area (Å²) in [6.45, 7) is 4.65. The summed E-state index contributed by atoms with van der Waals surface area (Å²) in [4.78, 5) is 0.353. The van der Waals surface area contributed by atoms with Gasteiger partial charge < -0.3 is 0 Å². The summed E-state index contributed by atoms with van der Waals surface area (Å²) < 4.78 is 26.4. The molecule has 2 unspecified atom stereocenters. The van der Waals surface area contributed by atoms with Crippen molar-refractivity contribution >= 4 is 10.0 Å². The van der Waals surface area contributed by atoms with Crippen molar-refractivity contribution in [3.8, 4) is 0 Å². The normalized spacial score (nSPS) is 24.4. The molecule has 0 heterocycles. The van der Waals surface area contributed by atoms with Crippen LogP contribution in [0.3, 0.4) is 0 Å². The van der Waals surface area contributed by atoms with Crippen molar-refractivity contribution in [3.63, 3.8) is 0 Å². The maximum absolute atomic E-state index is 11.9. The molecule has 0 saturated heterocycles. The fourth-order valence-electron chi connectivity index (χ4n) is 1.70. The molecule has 0 aliphatic heterocycles. The summed E-state index contributed by atoms with van der Waals surface area (Å²) in [7, 11) is -3.31. The van der Waals surface area contributed by atoms with E-state index in [1.54, 1.807) is 12.1 Å². The second kappa shape index (κ2) is 4.18. The van der Waals surface area contributed by atoms with Gasteiger partial charge in [-0.2, -0.15) is 0 Å². The molecule has 0 spiro atoms. The van der Waals surface area contributed by atoms with E-state index in [0.717, 1.165) is 12.0 Å². The molecule has 1 fully saturated rings. The smallest absolute Gasteiger partial charge is 0.211 e. The Morgan fingerprint density at radius 3 is 2.38 bits per heavy atom. The minimum absolute atomic E-state index is 0.353. The molecule has 16 heavy (non-hydrogen) atoms. The number of nitrogens with one attached hydrogen (secondary N) is 1. The molecule has 0 bridgehead atoms. The monoisotopic (exact) mass is 239 g/mol. The van der Waals surface area contributed by atoms with Crippen molar-refractivity contribution in [2.45, 2.75) is 25.2 Å². The summed E-state index contributed by atoms with van der Waals surface area (Å²) in [5.41, 5.74) is 1.06. The molecule has 0 aromatic heterocycles. The first kappa shape index (κ1) is 11.6. The highest BCUT2D eigenvalue weighted by atomic mass is 32.2. The van der Waals surface area contributed by atoms with Gasteiger partial charge in [-0.05, 0) is 37.3 Å². The SMILES string of the molecule is Cc1ccc(S(=O)(=O)NCC2CC2C)cc1. The molecule has 1 aliphatic rings. The topological polar surface area (TPSA) is 46.2 Å². The average Bonchev–Trinajstić information content (AvgIpc) is 2.93. The predicted molar refractivity (Wildman–Crippen MR) is 63.6 cm³/mol. The zero-order valence-corrected chi connectivity index (χ0v) is 10.4. The van der Waals surface area contributed by atoms with Gasteiger partial charge in [0.15, 0.2) is 0 Å². The van der Waals surface area contributed by atoms with Crippen LogP contribution < -0.4 is 4.72 Å². The Bertz CT molecular complexity index is 464. The lowest BCUT2D eigenvalue weighted by Gasteiger charge is -2.06. The van der Waals surface area contributed by atoms with Crippen molar-refractivity contribution in [1.82, 2.24) is 4.72 Å². The molecule has 88 valence electrons. The van der Waals surface area contributed by atoms with Gasteiger partial charge in [0.05, 0.1) is 4.90 Å². The Balaban J connectivity index is 2.03. The van der Waals surface area contributed by atoms with Gasteiger partial charge in [0, 0.05) is 6.54 Å². The van der Waals surface area contributed by atoms with Gasteiger partial charge in [0.1, 0.15) is 0 Å². The summed E-state index contributed by atoms with van der Waals surface area (Å²) in [6, 6.07) is 6.92. The van der Waals surface area contributed by atoms with E-state index in [0.29, 0.717) is 23.3 Å². The minimum atomic E-state index is -3.31. The Hall–Kier alpha value is -0.870. The number of aryl methyl sites for hydroxylation is 1. The van der Waals surface area contributed by atoms with Crippen LogP contribution in [0.4, 0.5) is 0 Å². The van der Waals surface area contributed by atoms with Crippen LogP contribution in [0.25, 0.3) is 0 Å². The van der Waals surface area contributed by atoms with Gasteiger partial charge in [0.25, 0.3) is 0 Å². The highest BCUT2D eigenvalue weighted by Crippen LogP contribution is 2.37.